The second kappa shape index (κ2) is 31.9. The third-order valence-corrected chi connectivity index (χ3v) is 17.1. The summed E-state index contributed by atoms with van der Waals surface area (Å²) in [5.74, 6) is -8.37. The highest BCUT2D eigenvalue weighted by Gasteiger charge is 2.52. The number of carbonyl (C=O) groups excluding carboxylic acids is 12. The van der Waals surface area contributed by atoms with Gasteiger partial charge in [-0.1, -0.05) is 72.6 Å². The number of piperidine rings is 1. The molecule has 0 aromatic heterocycles. The number of carbonyl (C=O) groups is 12. The Labute approximate surface area is 484 Å². The minimum absolute atomic E-state index is 0.145. The molecule has 2 aliphatic carbocycles. The molecule has 4 aliphatic rings. The number of likely N-dealkylation sites (N-methyl/N-ethyl adjacent to an activating group) is 7. The average Bonchev–Trinajstić information content (AvgIpc) is 3.97. The predicted octanol–water partition coefficient (Wildman–Crippen LogP) is -0.512. The average molecular weight is 1160 g/mol. The maximum absolute atomic E-state index is 15.2. The van der Waals surface area contributed by atoms with Gasteiger partial charge in [-0.05, 0) is 68.6 Å². The standard InChI is InChI=1S/C57H96N12O13/c1-12-39(4)52-55(81)64(8)36-50(77)63(7)35-49(76)62(6)34-48(75)61(5)32-44(71)58-31-47(74)69(26-27-70)33-45(72)60-57(23-19-22-41(57)29-40-20-15-13-16-21-40)56(82)65(9)37-51(78)67(11)43(54(80)68-24-17-14-18-25-68)30-46(73)66(10)42(28-38(2)3)53(79)59-52/h38-43,52,70H,12-37H2,1-11H3,(H,58,71)(H,59,79)(H,60,72)/t39-,41?,42?,43?,52?,57?/m0/s1. The molecule has 4 rings (SSSR count). The van der Waals surface area contributed by atoms with Crippen molar-refractivity contribution in [2.24, 2.45) is 23.7 Å². The van der Waals surface area contributed by atoms with E-state index < -0.39 is 159 Å². The summed E-state index contributed by atoms with van der Waals surface area (Å²) in [7, 11) is 9.68. The molecule has 6 atom stereocenters. The van der Waals surface area contributed by atoms with Crippen LogP contribution in [0.25, 0.3) is 0 Å². The predicted molar refractivity (Wildman–Crippen MR) is 303 cm³/mol. The lowest BCUT2D eigenvalue weighted by Gasteiger charge is -2.41. The van der Waals surface area contributed by atoms with Crippen LogP contribution in [0.1, 0.15) is 124 Å². The van der Waals surface area contributed by atoms with E-state index in [2.05, 4.69) is 16.0 Å². The van der Waals surface area contributed by atoms with Crippen LogP contribution in [0.5, 0.6) is 0 Å². The van der Waals surface area contributed by atoms with Crippen molar-refractivity contribution in [2.75, 3.05) is 121 Å². The molecule has 2 saturated carbocycles. The van der Waals surface area contributed by atoms with E-state index in [1.165, 1.54) is 64.0 Å². The van der Waals surface area contributed by atoms with Crippen molar-refractivity contribution in [2.45, 2.75) is 148 Å². The Morgan fingerprint density at radius 3 is 1.76 bits per heavy atom. The van der Waals surface area contributed by atoms with E-state index in [0.717, 1.165) is 63.0 Å². The molecule has 82 heavy (non-hydrogen) atoms. The van der Waals surface area contributed by atoms with Crippen molar-refractivity contribution in [1.29, 1.82) is 0 Å². The Morgan fingerprint density at radius 1 is 0.622 bits per heavy atom. The van der Waals surface area contributed by atoms with Crippen LogP contribution in [0.4, 0.5) is 0 Å². The SMILES string of the molecule is CC[C@H](C)C1NC(=O)C(CC(C)C)N(C)C(=O)CC(C(=O)N2CCCCC2)N(C)C(=O)CN(C)C(=O)C2(CCCC2CC2CCCCC2)NC(=O)CN(CCO)C(=O)CNC(=O)CN(C)C(=O)CN(C)C(=O)CN(C)C(=O)CN(C)C1=O. The minimum atomic E-state index is -1.51. The third-order valence-electron chi connectivity index (χ3n) is 17.1. The fourth-order valence-electron chi connectivity index (χ4n) is 11.6. The lowest BCUT2D eigenvalue weighted by atomic mass is 9.75. The van der Waals surface area contributed by atoms with Crippen molar-refractivity contribution in [1.82, 2.24) is 60.0 Å². The summed E-state index contributed by atoms with van der Waals surface area (Å²) in [5, 5.41) is 18.3. The zero-order valence-corrected chi connectivity index (χ0v) is 50.8. The van der Waals surface area contributed by atoms with Crippen molar-refractivity contribution in [3.63, 3.8) is 0 Å². The fraction of sp³-hybridized carbons (Fsp3) is 0.789. The van der Waals surface area contributed by atoms with Crippen LogP contribution in [0, 0.1) is 23.7 Å². The van der Waals surface area contributed by atoms with E-state index in [9.17, 15) is 57.8 Å². The zero-order valence-electron chi connectivity index (χ0n) is 50.8. The molecule has 25 nitrogen and oxygen atoms in total. The van der Waals surface area contributed by atoms with Crippen LogP contribution in [0.15, 0.2) is 0 Å². The van der Waals surface area contributed by atoms with Gasteiger partial charge in [0.25, 0.3) is 0 Å². The largest absolute Gasteiger partial charge is 0.395 e. The summed E-state index contributed by atoms with van der Waals surface area (Å²) in [6, 6.07) is -3.66. The summed E-state index contributed by atoms with van der Waals surface area (Å²) in [6.45, 7) is 3.55. The Hall–Kier alpha value is -6.40. The molecule has 2 saturated heterocycles. The topological polar surface area (TPSA) is 290 Å². The summed E-state index contributed by atoms with van der Waals surface area (Å²) in [6.07, 6.45) is 9.48. The molecule has 0 bridgehead atoms. The van der Waals surface area contributed by atoms with Gasteiger partial charge in [-0.2, -0.15) is 0 Å². The molecule has 462 valence electrons. The van der Waals surface area contributed by atoms with Gasteiger partial charge in [0.15, 0.2) is 0 Å². The van der Waals surface area contributed by atoms with Gasteiger partial charge >= 0.3 is 0 Å². The molecule has 4 fully saturated rings. The maximum Gasteiger partial charge on any atom is 0.248 e. The first-order valence-electron chi connectivity index (χ1n) is 29.4. The Morgan fingerprint density at radius 2 is 1.18 bits per heavy atom. The Bertz CT molecular complexity index is 2290. The summed E-state index contributed by atoms with van der Waals surface area (Å²) < 4.78 is 0. The lowest BCUT2D eigenvalue weighted by Crippen LogP contribution is -2.64. The van der Waals surface area contributed by atoms with Gasteiger partial charge in [-0.15, -0.1) is 0 Å². The normalized spacial score (nSPS) is 26.5. The number of aliphatic hydroxyl groups is 1. The van der Waals surface area contributed by atoms with Crippen molar-refractivity contribution in [3.8, 4) is 0 Å². The van der Waals surface area contributed by atoms with E-state index in [0.29, 0.717) is 51.6 Å². The Kier molecular flexibility index (Phi) is 26.5. The molecule has 5 unspecified atom stereocenters. The van der Waals surface area contributed by atoms with Crippen LogP contribution in [0.3, 0.4) is 0 Å². The number of aliphatic hydroxyl groups excluding tert-OH is 1. The molecule has 4 N–H and O–H groups in total. The van der Waals surface area contributed by atoms with Gasteiger partial charge in [0.05, 0.1) is 58.8 Å². The number of rotatable bonds is 9. The van der Waals surface area contributed by atoms with E-state index >= 15 is 4.79 Å². The monoisotopic (exact) mass is 1160 g/mol. The van der Waals surface area contributed by atoms with Gasteiger partial charge in [-0.3, -0.25) is 57.5 Å². The molecule has 2 heterocycles. The van der Waals surface area contributed by atoms with Crippen LogP contribution in [-0.4, -0.2) is 265 Å². The summed E-state index contributed by atoms with van der Waals surface area (Å²) in [5.41, 5.74) is -1.51. The number of amides is 12. The van der Waals surface area contributed by atoms with Gasteiger partial charge in [-0.25, -0.2) is 0 Å². The highest BCUT2D eigenvalue weighted by Crippen LogP contribution is 2.43. The van der Waals surface area contributed by atoms with Gasteiger partial charge in [0.2, 0.25) is 70.9 Å². The number of hydrogen-bond acceptors (Lipinski definition) is 13. The van der Waals surface area contributed by atoms with E-state index in [1.807, 2.05) is 20.8 Å². The van der Waals surface area contributed by atoms with Crippen LogP contribution < -0.4 is 16.0 Å². The number of hydrogen-bond donors (Lipinski definition) is 4. The molecule has 0 radical (unpaired) electrons. The number of likely N-dealkylation sites (tertiary alicyclic amines) is 1. The number of β-amino-alcohol motifs (C(OH)–C–C–N with tert-alkyl or cyclic N) is 1. The highest BCUT2D eigenvalue weighted by atomic mass is 16.3. The molecule has 0 aromatic rings. The summed E-state index contributed by atoms with van der Waals surface area (Å²) in [4.78, 5) is 180. The lowest BCUT2D eigenvalue weighted by molar-refractivity contribution is -0.152. The smallest absolute Gasteiger partial charge is 0.248 e. The minimum Gasteiger partial charge on any atom is -0.395 e. The first-order valence-corrected chi connectivity index (χ1v) is 29.4. The maximum atomic E-state index is 15.2. The second-order valence-corrected chi connectivity index (χ2v) is 23.9. The Balaban J connectivity index is 1.75. The van der Waals surface area contributed by atoms with Crippen molar-refractivity contribution < 1.29 is 62.6 Å². The van der Waals surface area contributed by atoms with E-state index in [1.54, 1.807) is 11.8 Å². The van der Waals surface area contributed by atoms with E-state index in [4.69, 9.17) is 0 Å². The zero-order chi connectivity index (χ0) is 61.2. The quantitative estimate of drug-likeness (QED) is 0.227. The van der Waals surface area contributed by atoms with Crippen LogP contribution >= 0.6 is 0 Å². The van der Waals surface area contributed by atoms with E-state index in [-0.39, 0.29) is 37.1 Å². The molecule has 0 aromatic carbocycles. The first kappa shape index (κ1) is 68.1. The van der Waals surface area contributed by atoms with Crippen LogP contribution in [-0.2, 0) is 57.5 Å². The fourth-order valence-corrected chi connectivity index (χ4v) is 11.6. The molecular weight excluding hydrogens is 1060 g/mol. The van der Waals surface area contributed by atoms with Crippen molar-refractivity contribution >= 4 is 70.9 Å². The molecular formula is C57H96N12O13. The molecule has 12 amide bonds. The molecule has 2 aliphatic heterocycles. The van der Waals surface area contributed by atoms with Gasteiger partial charge < -0.3 is 65.2 Å². The van der Waals surface area contributed by atoms with Gasteiger partial charge in [0, 0.05) is 69.0 Å². The van der Waals surface area contributed by atoms with Gasteiger partial charge in [0.1, 0.15) is 23.7 Å². The number of nitrogens with zero attached hydrogens (tertiary/aromatic N) is 9. The third kappa shape index (κ3) is 18.8. The first-order chi connectivity index (χ1) is 38.6. The van der Waals surface area contributed by atoms with Crippen molar-refractivity contribution in [3.05, 3.63) is 0 Å². The molecule has 25 heteroatoms. The highest BCUT2D eigenvalue weighted by molar-refractivity contribution is 5.99. The molecule has 1 spiro atoms. The number of nitrogens with one attached hydrogen (secondary N) is 3. The van der Waals surface area contributed by atoms with Crippen LogP contribution in [0.2, 0.25) is 0 Å². The summed E-state index contributed by atoms with van der Waals surface area (Å²) >= 11 is 0. The second-order valence-electron chi connectivity index (χ2n) is 23.9.